The van der Waals surface area contributed by atoms with Gasteiger partial charge in [0, 0.05) is 23.8 Å². The normalized spacial score (nSPS) is 18.4. The van der Waals surface area contributed by atoms with Crippen molar-refractivity contribution in [3.8, 4) is 0 Å². The molecule has 0 aromatic heterocycles. The van der Waals surface area contributed by atoms with Gasteiger partial charge in [0.15, 0.2) is 0 Å². The summed E-state index contributed by atoms with van der Waals surface area (Å²) >= 11 is 6.43. The van der Waals surface area contributed by atoms with Crippen molar-refractivity contribution < 1.29 is 9.18 Å². The Hall–Kier alpha value is -2.40. The number of carbonyl (C=O) groups is 1. The van der Waals surface area contributed by atoms with E-state index in [1.54, 1.807) is 6.07 Å². The van der Waals surface area contributed by atoms with Crippen molar-refractivity contribution in [3.63, 3.8) is 0 Å². The zero-order valence-electron chi connectivity index (χ0n) is 15.9. The highest BCUT2D eigenvalue weighted by molar-refractivity contribution is 6.33. The number of halogens is 2. The van der Waals surface area contributed by atoms with Crippen LogP contribution in [0.4, 0.5) is 10.1 Å². The summed E-state index contributed by atoms with van der Waals surface area (Å²) in [6.07, 6.45) is 2.52. The lowest BCUT2D eigenvalue weighted by Gasteiger charge is -2.45. The number of nitrogens with zero attached hydrogens (tertiary/aromatic N) is 2. The molecule has 1 amide bonds. The minimum atomic E-state index is -0.603. The Kier molecular flexibility index (Phi) is 5.24. The van der Waals surface area contributed by atoms with Gasteiger partial charge in [-0.1, -0.05) is 30.7 Å². The molecular formula is C21H23ClFN3O. The minimum Gasteiger partial charge on any atom is -0.369 e. The maximum atomic E-state index is 13.6. The average molecular weight is 388 g/mol. The molecule has 0 saturated carbocycles. The molecule has 0 unspecified atom stereocenters. The zero-order valence-corrected chi connectivity index (χ0v) is 16.6. The average Bonchev–Trinajstić information content (AvgIpc) is 2.60. The van der Waals surface area contributed by atoms with Gasteiger partial charge in [-0.3, -0.25) is 4.79 Å². The molecule has 1 aliphatic rings. The van der Waals surface area contributed by atoms with E-state index in [4.69, 9.17) is 11.6 Å². The highest BCUT2D eigenvalue weighted by atomic mass is 35.5. The number of hydrogen-bond donors (Lipinski definition) is 1. The van der Waals surface area contributed by atoms with Crippen LogP contribution in [0.15, 0.2) is 41.5 Å². The number of rotatable bonds is 3. The monoisotopic (exact) mass is 387 g/mol. The highest BCUT2D eigenvalue weighted by Crippen LogP contribution is 2.44. The van der Waals surface area contributed by atoms with Gasteiger partial charge < -0.3 is 4.90 Å². The molecule has 0 spiro atoms. The second-order valence-electron chi connectivity index (χ2n) is 7.59. The van der Waals surface area contributed by atoms with Crippen molar-refractivity contribution >= 4 is 29.4 Å². The van der Waals surface area contributed by atoms with Crippen molar-refractivity contribution in [3.05, 3.63) is 63.9 Å². The van der Waals surface area contributed by atoms with Crippen molar-refractivity contribution in [2.45, 2.75) is 38.6 Å². The van der Waals surface area contributed by atoms with Gasteiger partial charge in [0.1, 0.15) is 5.82 Å². The maximum Gasteiger partial charge on any atom is 0.274 e. The molecule has 0 aliphatic carbocycles. The first-order valence-electron chi connectivity index (χ1n) is 8.86. The van der Waals surface area contributed by atoms with E-state index in [-0.39, 0.29) is 11.1 Å². The predicted octanol–water partition coefficient (Wildman–Crippen LogP) is 4.97. The molecule has 3 rings (SSSR count). The molecule has 2 aromatic rings. The first-order chi connectivity index (χ1) is 12.7. The maximum absolute atomic E-state index is 13.6. The number of hydrazone groups is 1. The summed E-state index contributed by atoms with van der Waals surface area (Å²) in [6.45, 7) is 6.63. The number of fused-ring (bicyclic) bond motifs is 1. The second-order valence-corrected chi connectivity index (χ2v) is 8.00. The van der Waals surface area contributed by atoms with Crippen molar-refractivity contribution in [2.75, 3.05) is 11.9 Å². The molecule has 1 aliphatic heterocycles. The summed E-state index contributed by atoms with van der Waals surface area (Å²) in [4.78, 5) is 14.3. The van der Waals surface area contributed by atoms with Crippen LogP contribution in [0.3, 0.4) is 0 Å². The molecule has 0 radical (unpaired) electrons. The third kappa shape index (κ3) is 3.83. The Morgan fingerprint density at radius 1 is 1.37 bits per heavy atom. The van der Waals surface area contributed by atoms with Crippen LogP contribution in [0.5, 0.6) is 0 Å². The van der Waals surface area contributed by atoms with E-state index in [0.717, 1.165) is 12.1 Å². The summed E-state index contributed by atoms with van der Waals surface area (Å²) < 4.78 is 13.6. The van der Waals surface area contributed by atoms with E-state index in [2.05, 4.69) is 43.2 Å². The van der Waals surface area contributed by atoms with Crippen LogP contribution >= 0.6 is 11.6 Å². The topological polar surface area (TPSA) is 44.7 Å². The number of amides is 1. The van der Waals surface area contributed by atoms with Crippen molar-refractivity contribution in [1.82, 2.24) is 5.43 Å². The van der Waals surface area contributed by atoms with E-state index in [1.807, 2.05) is 12.1 Å². The Morgan fingerprint density at radius 2 is 2.07 bits per heavy atom. The van der Waals surface area contributed by atoms with Gasteiger partial charge in [-0.25, -0.2) is 9.82 Å². The van der Waals surface area contributed by atoms with Gasteiger partial charge in [0.05, 0.1) is 16.8 Å². The molecule has 27 heavy (non-hydrogen) atoms. The summed E-state index contributed by atoms with van der Waals surface area (Å²) in [6, 6.07) is 9.72. The van der Waals surface area contributed by atoms with Gasteiger partial charge in [-0.2, -0.15) is 5.10 Å². The number of nitrogens with one attached hydrogen (secondary N) is 1. The SMILES string of the molecule is C[C@@H]1CC(C)(C)N(C)c2cc(Cl)c(/C=N\NC(=O)c3ccccc3F)cc21. The molecule has 0 bridgehead atoms. The number of hydrogen-bond acceptors (Lipinski definition) is 3. The standard InChI is InChI=1S/C21H23ClFN3O/c1-13-11-21(2,3)26(4)19-10-17(22)14(9-16(13)19)12-24-25-20(27)15-7-5-6-8-18(15)23/h5-10,12-13H,11H2,1-4H3,(H,25,27)/b24-12-/t13-/m1/s1. The van der Waals surface area contributed by atoms with E-state index in [0.29, 0.717) is 16.5 Å². The fourth-order valence-corrected chi connectivity index (χ4v) is 3.78. The smallest absolute Gasteiger partial charge is 0.274 e. The second kappa shape index (κ2) is 7.31. The van der Waals surface area contributed by atoms with Gasteiger partial charge in [-0.15, -0.1) is 0 Å². The lowest BCUT2D eigenvalue weighted by molar-refractivity contribution is 0.0951. The summed E-state index contributed by atoms with van der Waals surface area (Å²) in [5, 5.41) is 4.50. The number of benzene rings is 2. The first kappa shape index (κ1) is 19.4. The summed E-state index contributed by atoms with van der Waals surface area (Å²) in [5.41, 5.74) is 5.37. The van der Waals surface area contributed by atoms with E-state index in [9.17, 15) is 9.18 Å². The van der Waals surface area contributed by atoms with Crippen LogP contribution < -0.4 is 10.3 Å². The Labute approximate surface area is 164 Å². The van der Waals surface area contributed by atoms with Crippen LogP contribution in [-0.2, 0) is 0 Å². The van der Waals surface area contributed by atoms with E-state index in [1.165, 1.54) is 30.0 Å². The van der Waals surface area contributed by atoms with Crippen LogP contribution in [0.2, 0.25) is 5.02 Å². The molecule has 142 valence electrons. The fourth-order valence-electron chi connectivity index (χ4n) is 3.57. The Balaban J connectivity index is 1.82. The molecule has 0 saturated heterocycles. The van der Waals surface area contributed by atoms with Gasteiger partial charge in [0.25, 0.3) is 5.91 Å². The van der Waals surface area contributed by atoms with E-state index >= 15 is 0 Å². The van der Waals surface area contributed by atoms with Crippen LogP contribution in [0.1, 0.15) is 54.6 Å². The zero-order chi connectivity index (χ0) is 19.8. The van der Waals surface area contributed by atoms with Crippen LogP contribution in [0.25, 0.3) is 0 Å². The van der Waals surface area contributed by atoms with Gasteiger partial charge in [-0.05, 0) is 56.0 Å². The molecule has 0 fully saturated rings. The summed E-state index contributed by atoms with van der Waals surface area (Å²) in [5.74, 6) is -0.812. The quantitative estimate of drug-likeness (QED) is 0.597. The molecule has 6 heteroatoms. The third-order valence-corrected chi connectivity index (χ3v) is 5.57. The lowest BCUT2D eigenvalue weighted by Crippen LogP contribution is -2.45. The first-order valence-corrected chi connectivity index (χ1v) is 9.23. The Bertz CT molecular complexity index is 910. The largest absolute Gasteiger partial charge is 0.369 e. The summed E-state index contributed by atoms with van der Waals surface area (Å²) in [7, 11) is 2.07. The highest BCUT2D eigenvalue weighted by Gasteiger charge is 2.34. The lowest BCUT2D eigenvalue weighted by atomic mass is 9.80. The molecule has 2 aromatic carbocycles. The molecule has 1 heterocycles. The van der Waals surface area contributed by atoms with Crippen LogP contribution in [-0.4, -0.2) is 24.7 Å². The molecular weight excluding hydrogens is 365 g/mol. The number of anilines is 1. The molecule has 1 atom stereocenters. The van der Waals surface area contributed by atoms with E-state index < -0.39 is 11.7 Å². The molecule has 1 N–H and O–H groups in total. The van der Waals surface area contributed by atoms with Gasteiger partial charge in [0.2, 0.25) is 0 Å². The van der Waals surface area contributed by atoms with Crippen molar-refractivity contribution in [1.29, 1.82) is 0 Å². The van der Waals surface area contributed by atoms with Gasteiger partial charge >= 0.3 is 0 Å². The number of carbonyl (C=O) groups excluding carboxylic acids is 1. The Morgan fingerprint density at radius 3 is 2.78 bits per heavy atom. The fraction of sp³-hybridized carbons (Fsp3) is 0.333. The molecule has 4 nitrogen and oxygen atoms in total. The van der Waals surface area contributed by atoms with Crippen molar-refractivity contribution in [2.24, 2.45) is 5.10 Å². The van der Waals surface area contributed by atoms with Crippen LogP contribution in [0, 0.1) is 5.82 Å². The minimum absolute atomic E-state index is 0.0522. The predicted molar refractivity (Wildman–Crippen MR) is 108 cm³/mol. The third-order valence-electron chi connectivity index (χ3n) is 5.24.